The number of carbonyl (C=O) groups is 1. The number of hydrogen-bond donors (Lipinski definition) is 1. The highest BCUT2D eigenvalue weighted by molar-refractivity contribution is 7.99. The van der Waals surface area contributed by atoms with Gasteiger partial charge in [0.1, 0.15) is 0 Å². The van der Waals surface area contributed by atoms with Crippen molar-refractivity contribution in [2.75, 3.05) is 12.3 Å². The number of nitrogens with one attached hydrogen (secondary N) is 1. The van der Waals surface area contributed by atoms with Crippen LogP contribution >= 0.6 is 11.8 Å². The molecule has 1 aromatic rings. The molecular weight excluding hydrogens is 230 g/mol. The van der Waals surface area contributed by atoms with E-state index >= 15 is 0 Å². The van der Waals surface area contributed by atoms with E-state index in [9.17, 15) is 4.79 Å². The van der Waals surface area contributed by atoms with Gasteiger partial charge in [-0.05, 0) is 30.7 Å². The Hall–Kier alpha value is -0.960. The standard InChI is InChI=1S/C14H21NOS/c1-2-3-10-14(16)15-11-7-12-17-13-8-5-4-6-9-13/h4-6,8-9H,2-3,7,10-12H2,1H3,(H,15,16). The zero-order valence-electron chi connectivity index (χ0n) is 10.4. The molecule has 0 aromatic heterocycles. The zero-order chi connectivity index (χ0) is 12.3. The first kappa shape index (κ1) is 14.1. The predicted octanol–water partition coefficient (Wildman–Crippen LogP) is 3.48. The van der Waals surface area contributed by atoms with E-state index in [1.807, 2.05) is 17.8 Å². The maximum Gasteiger partial charge on any atom is 0.219 e. The molecule has 1 aromatic carbocycles. The van der Waals surface area contributed by atoms with E-state index < -0.39 is 0 Å². The molecule has 0 bridgehead atoms. The van der Waals surface area contributed by atoms with Crippen LogP contribution in [-0.4, -0.2) is 18.2 Å². The highest BCUT2D eigenvalue weighted by Crippen LogP contribution is 2.17. The molecule has 17 heavy (non-hydrogen) atoms. The van der Waals surface area contributed by atoms with Gasteiger partial charge in [0.05, 0.1) is 0 Å². The molecule has 0 aliphatic carbocycles. The Morgan fingerprint density at radius 2 is 2.00 bits per heavy atom. The highest BCUT2D eigenvalue weighted by atomic mass is 32.2. The van der Waals surface area contributed by atoms with Crippen LogP contribution in [0.4, 0.5) is 0 Å². The van der Waals surface area contributed by atoms with Crippen molar-refractivity contribution in [3.05, 3.63) is 30.3 Å². The maximum atomic E-state index is 11.3. The fourth-order valence-corrected chi connectivity index (χ4v) is 2.31. The second-order valence-corrected chi connectivity index (χ2v) is 5.14. The molecule has 0 saturated heterocycles. The minimum Gasteiger partial charge on any atom is -0.356 e. The summed E-state index contributed by atoms with van der Waals surface area (Å²) in [5.74, 6) is 1.24. The van der Waals surface area contributed by atoms with Gasteiger partial charge in [0, 0.05) is 17.9 Å². The van der Waals surface area contributed by atoms with Crippen LogP contribution in [0.5, 0.6) is 0 Å². The SMILES string of the molecule is CCCCC(=O)NCCCSc1ccccc1. The molecule has 0 atom stereocenters. The third-order valence-corrected chi connectivity index (χ3v) is 3.51. The van der Waals surface area contributed by atoms with Crippen molar-refractivity contribution >= 4 is 17.7 Å². The molecular formula is C14H21NOS. The molecule has 1 rings (SSSR count). The van der Waals surface area contributed by atoms with Gasteiger partial charge in [0.15, 0.2) is 0 Å². The van der Waals surface area contributed by atoms with E-state index in [1.54, 1.807) is 0 Å². The van der Waals surface area contributed by atoms with Crippen molar-refractivity contribution < 1.29 is 4.79 Å². The summed E-state index contributed by atoms with van der Waals surface area (Å²) in [5.41, 5.74) is 0. The highest BCUT2D eigenvalue weighted by Gasteiger charge is 1.99. The van der Waals surface area contributed by atoms with Crippen molar-refractivity contribution in [1.82, 2.24) is 5.32 Å². The van der Waals surface area contributed by atoms with Gasteiger partial charge in [-0.25, -0.2) is 0 Å². The lowest BCUT2D eigenvalue weighted by Gasteiger charge is -2.04. The van der Waals surface area contributed by atoms with Crippen molar-refractivity contribution in [2.24, 2.45) is 0 Å². The van der Waals surface area contributed by atoms with E-state index in [0.29, 0.717) is 6.42 Å². The van der Waals surface area contributed by atoms with Crippen LogP contribution in [0.15, 0.2) is 35.2 Å². The summed E-state index contributed by atoms with van der Waals surface area (Å²) < 4.78 is 0. The first-order valence-electron chi connectivity index (χ1n) is 6.27. The normalized spacial score (nSPS) is 10.2. The van der Waals surface area contributed by atoms with Crippen molar-refractivity contribution in [2.45, 2.75) is 37.5 Å². The minimum atomic E-state index is 0.191. The molecule has 1 N–H and O–H groups in total. The van der Waals surface area contributed by atoms with Crippen LogP contribution in [-0.2, 0) is 4.79 Å². The van der Waals surface area contributed by atoms with Gasteiger partial charge in [0.25, 0.3) is 0 Å². The van der Waals surface area contributed by atoms with E-state index in [-0.39, 0.29) is 5.91 Å². The summed E-state index contributed by atoms with van der Waals surface area (Å²) >= 11 is 1.84. The number of rotatable bonds is 8. The lowest BCUT2D eigenvalue weighted by Crippen LogP contribution is -2.24. The Morgan fingerprint density at radius 3 is 2.71 bits per heavy atom. The molecule has 0 spiro atoms. The third kappa shape index (κ3) is 7.05. The first-order valence-corrected chi connectivity index (χ1v) is 7.26. The molecule has 94 valence electrons. The smallest absolute Gasteiger partial charge is 0.219 e. The number of benzene rings is 1. The molecule has 0 radical (unpaired) electrons. The number of hydrogen-bond acceptors (Lipinski definition) is 2. The molecule has 0 aliphatic heterocycles. The summed E-state index contributed by atoms with van der Waals surface area (Å²) in [7, 11) is 0. The molecule has 1 amide bonds. The predicted molar refractivity (Wildman–Crippen MR) is 74.3 cm³/mol. The van der Waals surface area contributed by atoms with E-state index in [1.165, 1.54) is 4.90 Å². The van der Waals surface area contributed by atoms with Crippen molar-refractivity contribution in [1.29, 1.82) is 0 Å². The van der Waals surface area contributed by atoms with Gasteiger partial charge < -0.3 is 5.32 Å². The summed E-state index contributed by atoms with van der Waals surface area (Å²) in [4.78, 5) is 12.6. The number of carbonyl (C=O) groups excluding carboxylic acids is 1. The molecule has 0 fully saturated rings. The quantitative estimate of drug-likeness (QED) is 0.566. The summed E-state index contributed by atoms with van der Waals surface area (Å²) in [6, 6.07) is 10.4. The molecule has 0 aliphatic rings. The topological polar surface area (TPSA) is 29.1 Å². The monoisotopic (exact) mass is 251 g/mol. The number of unbranched alkanes of at least 4 members (excludes halogenated alkanes) is 1. The fourth-order valence-electron chi connectivity index (χ4n) is 1.43. The molecule has 2 nitrogen and oxygen atoms in total. The van der Waals surface area contributed by atoms with Gasteiger partial charge >= 0.3 is 0 Å². The largest absolute Gasteiger partial charge is 0.356 e. The van der Waals surface area contributed by atoms with Crippen LogP contribution in [0.3, 0.4) is 0 Å². The van der Waals surface area contributed by atoms with Crippen molar-refractivity contribution in [3.8, 4) is 0 Å². The maximum absolute atomic E-state index is 11.3. The van der Waals surface area contributed by atoms with Gasteiger partial charge in [-0.3, -0.25) is 4.79 Å². The number of amides is 1. The summed E-state index contributed by atoms with van der Waals surface area (Å²) in [5, 5.41) is 2.95. The Kier molecular flexibility index (Phi) is 7.56. The van der Waals surface area contributed by atoms with Crippen LogP contribution < -0.4 is 5.32 Å². The third-order valence-electron chi connectivity index (χ3n) is 2.41. The average Bonchev–Trinajstić information content (AvgIpc) is 2.37. The lowest BCUT2D eigenvalue weighted by molar-refractivity contribution is -0.121. The van der Waals surface area contributed by atoms with Gasteiger partial charge in [-0.15, -0.1) is 11.8 Å². The second-order valence-electron chi connectivity index (χ2n) is 3.97. The van der Waals surface area contributed by atoms with Gasteiger partial charge in [-0.2, -0.15) is 0 Å². The van der Waals surface area contributed by atoms with E-state index in [2.05, 4.69) is 36.5 Å². The van der Waals surface area contributed by atoms with Gasteiger partial charge in [-0.1, -0.05) is 31.5 Å². The Bertz CT molecular complexity index is 313. The first-order chi connectivity index (χ1) is 8.33. The van der Waals surface area contributed by atoms with Crippen molar-refractivity contribution in [3.63, 3.8) is 0 Å². The van der Waals surface area contributed by atoms with E-state index in [4.69, 9.17) is 0 Å². The lowest BCUT2D eigenvalue weighted by atomic mass is 10.2. The summed E-state index contributed by atoms with van der Waals surface area (Å²) in [6.45, 7) is 2.90. The van der Waals surface area contributed by atoms with Crippen LogP contribution in [0, 0.1) is 0 Å². The minimum absolute atomic E-state index is 0.191. The zero-order valence-corrected chi connectivity index (χ0v) is 11.3. The van der Waals surface area contributed by atoms with Crippen LogP contribution in [0.2, 0.25) is 0 Å². The molecule has 3 heteroatoms. The Balaban J connectivity index is 1.99. The Morgan fingerprint density at radius 1 is 1.24 bits per heavy atom. The van der Waals surface area contributed by atoms with Gasteiger partial charge in [0.2, 0.25) is 5.91 Å². The van der Waals surface area contributed by atoms with Crippen LogP contribution in [0.1, 0.15) is 32.6 Å². The number of thioether (sulfide) groups is 1. The molecule has 0 saturated carbocycles. The molecule has 0 unspecified atom stereocenters. The summed E-state index contributed by atoms with van der Waals surface area (Å²) in [6.07, 6.45) is 3.77. The van der Waals surface area contributed by atoms with Crippen LogP contribution in [0.25, 0.3) is 0 Å². The molecule has 0 heterocycles. The fraction of sp³-hybridized carbons (Fsp3) is 0.500. The van der Waals surface area contributed by atoms with E-state index in [0.717, 1.165) is 31.6 Å². The Labute approximate surface area is 108 Å². The average molecular weight is 251 g/mol. The second kappa shape index (κ2) is 9.11.